The van der Waals surface area contributed by atoms with Crippen LogP contribution < -0.4 is 10.6 Å². The van der Waals surface area contributed by atoms with Gasteiger partial charge in [0.2, 0.25) is 0 Å². The van der Waals surface area contributed by atoms with Crippen molar-refractivity contribution in [3.8, 4) is 0 Å². The lowest BCUT2D eigenvalue weighted by atomic mass is 10.0. The first-order valence-electron chi connectivity index (χ1n) is 8.01. The molecule has 0 atom stereocenters. The molecular weight excluding hydrogens is 290 g/mol. The second kappa shape index (κ2) is 5.53. The molecule has 1 aliphatic carbocycles. The number of allylic oxidation sites excluding steroid dienone is 3. The summed E-state index contributed by atoms with van der Waals surface area (Å²) >= 11 is 0. The quantitative estimate of drug-likeness (QED) is 0.846. The predicted octanol–water partition coefficient (Wildman–Crippen LogP) is 3.15. The average molecular weight is 309 g/mol. The summed E-state index contributed by atoms with van der Waals surface area (Å²) in [5.41, 5.74) is 3.69. The van der Waals surface area contributed by atoms with Crippen molar-refractivity contribution in [3.63, 3.8) is 0 Å². The Hall–Kier alpha value is -2.63. The molecule has 3 heterocycles. The molecule has 4 rings (SSSR count). The van der Waals surface area contributed by atoms with Crippen LogP contribution in [0.2, 0.25) is 0 Å². The Labute approximate surface area is 134 Å². The van der Waals surface area contributed by atoms with E-state index in [-0.39, 0.29) is 5.78 Å². The summed E-state index contributed by atoms with van der Waals surface area (Å²) in [6, 6.07) is 1.90. The van der Waals surface area contributed by atoms with Crippen LogP contribution in [0.3, 0.4) is 0 Å². The number of nitrogens with one attached hydrogen (secondary N) is 2. The van der Waals surface area contributed by atoms with E-state index < -0.39 is 0 Å². The van der Waals surface area contributed by atoms with Crippen molar-refractivity contribution in [1.82, 2.24) is 14.6 Å². The Morgan fingerprint density at radius 3 is 3.04 bits per heavy atom. The molecule has 6 nitrogen and oxygen atoms in total. The molecule has 1 aliphatic heterocycles. The monoisotopic (exact) mass is 309 g/mol. The summed E-state index contributed by atoms with van der Waals surface area (Å²) < 4.78 is 1.68. The molecule has 6 heteroatoms. The zero-order chi connectivity index (χ0) is 15.8. The van der Waals surface area contributed by atoms with Crippen molar-refractivity contribution in [2.75, 3.05) is 17.7 Å². The topological polar surface area (TPSA) is 71.3 Å². The van der Waals surface area contributed by atoms with E-state index in [4.69, 9.17) is 0 Å². The second-order valence-electron chi connectivity index (χ2n) is 5.99. The molecule has 0 spiro atoms. The summed E-state index contributed by atoms with van der Waals surface area (Å²) in [6.45, 7) is 0. The van der Waals surface area contributed by atoms with E-state index in [0.717, 1.165) is 43.0 Å². The van der Waals surface area contributed by atoms with Crippen LogP contribution in [0.1, 0.15) is 42.5 Å². The number of hydrogen-bond acceptors (Lipinski definition) is 5. The number of hydrogen-bond donors (Lipinski definition) is 2. The summed E-state index contributed by atoms with van der Waals surface area (Å²) in [5.74, 6) is 1.64. The minimum Gasteiger partial charge on any atom is -0.373 e. The van der Waals surface area contributed by atoms with E-state index in [1.165, 1.54) is 5.57 Å². The highest BCUT2D eigenvalue weighted by molar-refractivity contribution is 6.01. The first-order valence-corrected chi connectivity index (χ1v) is 8.01. The third-order valence-corrected chi connectivity index (χ3v) is 4.40. The van der Waals surface area contributed by atoms with E-state index in [0.29, 0.717) is 17.6 Å². The summed E-state index contributed by atoms with van der Waals surface area (Å²) in [5, 5.41) is 10.8. The number of nitrogens with zero attached hydrogens (tertiary/aromatic N) is 3. The largest absolute Gasteiger partial charge is 0.373 e. The smallest absolute Gasteiger partial charge is 0.170 e. The Bertz CT molecular complexity index is 846. The highest BCUT2D eigenvalue weighted by atomic mass is 16.1. The van der Waals surface area contributed by atoms with Gasteiger partial charge in [0.05, 0.1) is 11.8 Å². The fraction of sp³-hybridized carbons (Fsp3) is 0.353. The number of anilines is 2. The highest BCUT2D eigenvalue weighted by Crippen LogP contribution is 2.27. The van der Waals surface area contributed by atoms with Crippen LogP contribution in [0, 0.1) is 0 Å². The van der Waals surface area contributed by atoms with Crippen LogP contribution in [0.15, 0.2) is 35.7 Å². The number of ketones is 1. The lowest BCUT2D eigenvalue weighted by Gasteiger charge is -2.09. The third-order valence-electron chi connectivity index (χ3n) is 4.40. The van der Waals surface area contributed by atoms with Crippen molar-refractivity contribution in [3.05, 3.63) is 41.2 Å². The first kappa shape index (κ1) is 14.0. The van der Waals surface area contributed by atoms with E-state index in [1.54, 1.807) is 10.7 Å². The average Bonchev–Trinajstić information content (AvgIpc) is 3.17. The van der Waals surface area contributed by atoms with Crippen molar-refractivity contribution in [2.24, 2.45) is 0 Å². The fourth-order valence-corrected chi connectivity index (χ4v) is 3.16. The predicted molar refractivity (Wildman–Crippen MR) is 89.7 cm³/mol. The zero-order valence-corrected chi connectivity index (χ0v) is 13.1. The van der Waals surface area contributed by atoms with E-state index in [9.17, 15) is 4.79 Å². The number of aromatic nitrogens is 3. The number of carbonyl (C=O) groups is 1. The van der Waals surface area contributed by atoms with Gasteiger partial charge in [0, 0.05) is 25.2 Å². The molecule has 2 aromatic heterocycles. The van der Waals surface area contributed by atoms with E-state index >= 15 is 0 Å². The Kier molecular flexibility index (Phi) is 3.37. The molecule has 0 saturated heterocycles. The van der Waals surface area contributed by atoms with Gasteiger partial charge in [-0.05, 0) is 31.8 Å². The normalized spacial score (nSPS) is 17.9. The molecule has 2 N–H and O–H groups in total. The van der Waals surface area contributed by atoms with Crippen molar-refractivity contribution < 1.29 is 4.79 Å². The van der Waals surface area contributed by atoms with Crippen molar-refractivity contribution >= 4 is 23.1 Å². The van der Waals surface area contributed by atoms with Crippen LogP contribution in [-0.4, -0.2) is 27.4 Å². The third kappa shape index (κ3) is 2.50. The molecule has 0 fully saturated rings. The van der Waals surface area contributed by atoms with Gasteiger partial charge in [-0.15, -0.1) is 0 Å². The van der Waals surface area contributed by atoms with Gasteiger partial charge < -0.3 is 10.6 Å². The van der Waals surface area contributed by atoms with Gasteiger partial charge in [-0.3, -0.25) is 4.79 Å². The van der Waals surface area contributed by atoms with Gasteiger partial charge in [0.15, 0.2) is 11.4 Å². The molecular formula is C17H19N5O. The van der Waals surface area contributed by atoms with Gasteiger partial charge in [0.1, 0.15) is 11.6 Å². The Morgan fingerprint density at radius 1 is 1.30 bits per heavy atom. The van der Waals surface area contributed by atoms with Crippen LogP contribution in [-0.2, 0) is 0 Å². The molecule has 0 radical (unpaired) electrons. The fourth-order valence-electron chi connectivity index (χ4n) is 3.16. The molecule has 23 heavy (non-hydrogen) atoms. The molecule has 4 bridgehead atoms. The maximum absolute atomic E-state index is 12.5. The SMILES string of the molecule is CNc1cc2nc3c(cnn13)C(=O)CCCCC1=CC(=CC1)N2. The maximum Gasteiger partial charge on any atom is 0.170 e. The molecule has 2 aromatic rings. The molecule has 0 aromatic carbocycles. The van der Waals surface area contributed by atoms with Crippen LogP contribution in [0.25, 0.3) is 5.65 Å². The number of fused-ring (bicyclic) bond motifs is 2. The minimum atomic E-state index is 0.115. The lowest BCUT2D eigenvalue weighted by Crippen LogP contribution is -2.07. The molecule has 0 saturated carbocycles. The molecule has 2 aliphatic rings. The number of Topliss-reactive ketones (excluding diaryl/α,β-unsaturated/α-hetero) is 1. The number of carbonyl (C=O) groups excluding carboxylic acids is 1. The first-order chi connectivity index (χ1) is 11.2. The van der Waals surface area contributed by atoms with Crippen LogP contribution >= 0.6 is 0 Å². The lowest BCUT2D eigenvalue weighted by molar-refractivity contribution is 0.0981. The van der Waals surface area contributed by atoms with Gasteiger partial charge in [-0.2, -0.15) is 9.61 Å². The number of rotatable bonds is 1. The highest BCUT2D eigenvalue weighted by Gasteiger charge is 2.18. The summed E-state index contributed by atoms with van der Waals surface area (Å²) in [6.07, 6.45) is 10.5. The van der Waals surface area contributed by atoms with E-state index in [1.807, 2.05) is 13.1 Å². The molecule has 118 valence electrons. The van der Waals surface area contributed by atoms with Crippen molar-refractivity contribution in [2.45, 2.75) is 32.1 Å². The Morgan fingerprint density at radius 2 is 2.17 bits per heavy atom. The zero-order valence-electron chi connectivity index (χ0n) is 13.1. The summed E-state index contributed by atoms with van der Waals surface area (Å²) in [7, 11) is 1.84. The minimum absolute atomic E-state index is 0.115. The maximum atomic E-state index is 12.5. The summed E-state index contributed by atoms with van der Waals surface area (Å²) in [4.78, 5) is 17.1. The van der Waals surface area contributed by atoms with Crippen LogP contribution in [0.5, 0.6) is 0 Å². The van der Waals surface area contributed by atoms with Crippen LogP contribution in [0.4, 0.5) is 11.6 Å². The van der Waals surface area contributed by atoms with Gasteiger partial charge in [0.25, 0.3) is 0 Å². The van der Waals surface area contributed by atoms with Gasteiger partial charge in [-0.1, -0.05) is 11.6 Å². The molecule has 0 unspecified atom stereocenters. The van der Waals surface area contributed by atoms with Gasteiger partial charge in [-0.25, -0.2) is 4.98 Å². The molecule has 0 amide bonds. The van der Waals surface area contributed by atoms with Crippen molar-refractivity contribution in [1.29, 1.82) is 0 Å². The van der Waals surface area contributed by atoms with E-state index in [2.05, 4.69) is 32.9 Å². The Balaban J connectivity index is 1.85. The standard InChI is InChI=1S/C17H19N5O/c1-18-16-9-15-20-12-7-6-11(8-12)4-2-3-5-14(23)13-10-19-22(16)17(13)21-15/h7-10,18H,2-6H2,1H3,(H,20,21). The van der Waals surface area contributed by atoms with Gasteiger partial charge >= 0.3 is 0 Å². The second-order valence-corrected chi connectivity index (χ2v) is 5.99.